The van der Waals surface area contributed by atoms with Crippen molar-refractivity contribution in [2.75, 3.05) is 0 Å². The molecular weight excluding hydrogens is 192 g/mol. The largest absolute Gasteiger partial charge is 0.481 e. The molecule has 6 nitrogen and oxygen atoms in total. The summed E-state index contributed by atoms with van der Waals surface area (Å²) in [5, 5.41) is 17.4. The maximum Gasteiger partial charge on any atom is 0.370 e. The van der Waals surface area contributed by atoms with Crippen LogP contribution in [-0.4, -0.2) is 27.9 Å². The Morgan fingerprint density at radius 3 is 2.21 bits per heavy atom. The van der Waals surface area contributed by atoms with Gasteiger partial charge in [-0.2, -0.15) is 9.78 Å². The zero-order chi connectivity index (χ0) is 10.8. The van der Waals surface area contributed by atoms with Gasteiger partial charge in [0.15, 0.2) is 0 Å². The van der Waals surface area contributed by atoms with Gasteiger partial charge in [-0.15, -0.1) is 0 Å². The van der Waals surface area contributed by atoms with Gasteiger partial charge in [0, 0.05) is 5.92 Å². The topological polar surface area (TPSA) is 99.7 Å². The van der Waals surface area contributed by atoms with Gasteiger partial charge >= 0.3 is 17.7 Å². The molecule has 0 spiro atoms. The number of carboxylic acids is 2. The van der Waals surface area contributed by atoms with Gasteiger partial charge in [0.1, 0.15) is 0 Å². The first-order chi connectivity index (χ1) is 6.53. The van der Waals surface area contributed by atoms with Crippen molar-refractivity contribution < 1.29 is 29.6 Å². The third-order valence-electron chi connectivity index (χ3n) is 2.16. The molecule has 1 rings (SSSR count). The molecule has 1 aliphatic rings. The van der Waals surface area contributed by atoms with E-state index >= 15 is 0 Å². The molecule has 0 aliphatic carbocycles. The average molecular weight is 204 g/mol. The van der Waals surface area contributed by atoms with E-state index in [1.165, 1.54) is 0 Å². The maximum absolute atomic E-state index is 10.7. The van der Waals surface area contributed by atoms with Crippen molar-refractivity contribution >= 4 is 11.9 Å². The fourth-order valence-electron chi connectivity index (χ4n) is 1.41. The van der Waals surface area contributed by atoms with Crippen LogP contribution in [0.25, 0.3) is 0 Å². The minimum absolute atomic E-state index is 0.264. The second-order valence-electron chi connectivity index (χ2n) is 3.22. The monoisotopic (exact) mass is 204 g/mol. The molecule has 2 N–H and O–H groups in total. The van der Waals surface area contributed by atoms with Gasteiger partial charge in [-0.1, -0.05) is 13.3 Å². The molecule has 1 saturated heterocycles. The van der Waals surface area contributed by atoms with E-state index in [-0.39, 0.29) is 6.42 Å². The maximum atomic E-state index is 10.7. The van der Waals surface area contributed by atoms with Crippen molar-refractivity contribution in [1.82, 2.24) is 0 Å². The van der Waals surface area contributed by atoms with E-state index in [4.69, 9.17) is 10.2 Å². The molecule has 80 valence electrons. The van der Waals surface area contributed by atoms with Crippen LogP contribution in [-0.2, 0) is 19.4 Å². The Balaban J connectivity index is 2.67. The molecule has 0 saturated carbocycles. The number of hydrogen-bond acceptors (Lipinski definition) is 4. The van der Waals surface area contributed by atoms with E-state index in [0.29, 0.717) is 12.8 Å². The van der Waals surface area contributed by atoms with Gasteiger partial charge in [-0.25, -0.2) is 4.79 Å². The third-order valence-corrected chi connectivity index (χ3v) is 2.16. The van der Waals surface area contributed by atoms with Crippen LogP contribution in [0.3, 0.4) is 0 Å². The molecule has 6 heteroatoms. The van der Waals surface area contributed by atoms with Crippen molar-refractivity contribution in [3.63, 3.8) is 0 Å². The lowest BCUT2D eigenvalue weighted by Gasteiger charge is -2.13. The summed E-state index contributed by atoms with van der Waals surface area (Å²) in [6, 6.07) is 0. The smallest absolute Gasteiger partial charge is 0.370 e. The summed E-state index contributed by atoms with van der Waals surface area (Å²) >= 11 is 0. The zero-order valence-electron chi connectivity index (χ0n) is 7.73. The molecule has 14 heavy (non-hydrogen) atoms. The van der Waals surface area contributed by atoms with Gasteiger partial charge in [0.25, 0.3) is 0 Å². The van der Waals surface area contributed by atoms with E-state index in [2.05, 4.69) is 9.78 Å². The van der Waals surface area contributed by atoms with Gasteiger partial charge in [-0.05, 0) is 6.42 Å². The first kappa shape index (κ1) is 10.9. The van der Waals surface area contributed by atoms with Crippen molar-refractivity contribution in [3.8, 4) is 0 Å². The first-order valence-electron chi connectivity index (χ1n) is 4.35. The summed E-state index contributed by atoms with van der Waals surface area (Å²) < 4.78 is 0. The van der Waals surface area contributed by atoms with Crippen molar-refractivity contribution in [1.29, 1.82) is 0 Å². The molecule has 1 atom stereocenters. The molecule has 1 heterocycles. The van der Waals surface area contributed by atoms with Crippen LogP contribution < -0.4 is 0 Å². The molecule has 1 aliphatic heterocycles. The Bertz CT molecular complexity index is 244. The molecule has 1 fully saturated rings. The minimum Gasteiger partial charge on any atom is -0.481 e. The summed E-state index contributed by atoms with van der Waals surface area (Å²) in [5.41, 5.74) is 0. The lowest BCUT2D eigenvalue weighted by atomic mass is 9.91. The highest BCUT2D eigenvalue weighted by Crippen LogP contribution is 2.41. The van der Waals surface area contributed by atoms with Crippen LogP contribution in [0, 0.1) is 5.92 Å². The van der Waals surface area contributed by atoms with Crippen LogP contribution in [0.15, 0.2) is 0 Å². The highest BCUT2D eigenvalue weighted by Gasteiger charge is 2.63. The lowest BCUT2D eigenvalue weighted by molar-refractivity contribution is -0.148. The number of carbonyl (C=O) groups is 2. The summed E-state index contributed by atoms with van der Waals surface area (Å²) in [6.45, 7) is 1.84. The fraction of sp³-hybridized carbons (Fsp3) is 0.750. The molecule has 0 bridgehead atoms. The quantitative estimate of drug-likeness (QED) is 0.486. The summed E-state index contributed by atoms with van der Waals surface area (Å²) in [7, 11) is 0. The van der Waals surface area contributed by atoms with Crippen LogP contribution in [0.4, 0.5) is 0 Å². The normalized spacial score (nSPS) is 20.1. The fourth-order valence-corrected chi connectivity index (χ4v) is 1.41. The van der Waals surface area contributed by atoms with Gasteiger partial charge in [-0.3, -0.25) is 4.79 Å². The zero-order valence-corrected chi connectivity index (χ0v) is 7.73. The second kappa shape index (κ2) is 3.93. The molecular formula is C8H12O6. The summed E-state index contributed by atoms with van der Waals surface area (Å²) in [6.07, 6.45) is 0.860. The predicted octanol–water partition coefficient (Wildman–Crippen LogP) is 0.620. The predicted molar refractivity (Wildman–Crippen MR) is 43.2 cm³/mol. The lowest BCUT2D eigenvalue weighted by Crippen LogP contribution is -2.34. The van der Waals surface area contributed by atoms with E-state index in [1.807, 2.05) is 6.92 Å². The first-order valence-corrected chi connectivity index (χ1v) is 4.35. The van der Waals surface area contributed by atoms with Crippen molar-refractivity contribution in [2.45, 2.75) is 32.0 Å². The standard InChI is InChI=1S/C8H12O6/c1-2-3-5(4-6(9)10)8(7(11)12)13-14-8/h5H,2-4H2,1H3,(H,9,10)(H,11,12). The van der Waals surface area contributed by atoms with E-state index in [1.54, 1.807) is 0 Å². The summed E-state index contributed by atoms with van der Waals surface area (Å²) in [5.74, 6) is -4.67. The number of hydrogen-bond donors (Lipinski definition) is 2. The molecule has 0 radical (unpaired) electrons. The number of carboxylic acid groups (broad SMARTS) is 2. The van der Waals surface area contributed by atoms with E-state index in [0.717, 1.165) is 0 Å². The third kappa shape index (κ3) is 2.02. The summed E-state index contributed by atoms with van der Waals surface area (Å²) in [4.78, 5) is 30.0. The molecule has 0 aromatic carbocycles. The highest BCUT2D eigenvalue weighted by atomic mass is 17.4. The SMILES string of the molecule is CCCC(CC(=O)O)C1(C(=O)O)OO1. The van der Waals surface area contributed by atoms with E-state index in [9.17, 15) is 9.59 Å². The highest BCUT2D eigenvalue weighted by molar-refractivity contribution is 5.79. The second-order valence-corrected chi connectivity index (χ2v) is 3.22. The minimum atomic E-state index is -1.71. The number of aliphatic carboxylic acids is 2. The molecule has 0 aromatic heterocycles. The Kier molecular flexibility index (Phi) is 3.07. The Labute approximate surface area is 80.4 Å². The Hall–Kier alpha value is -1.14. The van der Waals surface area contributed by atoms with E-state index < -0.39 is 23.6 Å². The Morgan fingerprint density at radius 2 is 1.93 bits per heavy atom. The van der Waals surface area contributed by atoms with Crippen LogP contribution in [0.5, 0.6) is 0 Å². The van der Waals surface area contributed by atoms with Gasteiger partial charge in [0.2, 0.25) is 0 Å². The van der Waals surface area contributed by atoms with Gasteiger partial charge < -0.3 is 10.2 Å². The molecule has 1 unspecified atom stereocenters. The van der Waals surface area contributed by atoms with Crippen molar-refractivity contribution in [2.24, 2.45) is 5.92 Å². The van der Waals surface area contributed by atoms with Crippen molar-refractivity contribution in [3.05, 3.63) is 0 Å². The van der Waals surface area contributed by atoms with Crippen LogP contribution >= 0.6 is 0 Å². The Morgan fingerprint density at radius 1 is 1.36 bits per heavy atom. The number of rotatable bonds is 6. The molecule has 0 aromatic rings. The average Bonchev–Trinajstić information content (AvgIpc) is 2.82. The molecule has 0 amide bonds. The van der Waals surface area contributed by atoms with Gasteiger partial charge in [0.05, 0.1) is 6.42 Å². The van der Waals surface area contributed by atoms with Crippen LogP contribution in [0.2, 0.25) is 0 Å². The van der Waals surface area contributed by atoms with Crippen LogP contribution in [0.1, 0.15) is 26.2 Å².